The summed E-state index contributed by atoms with van der Waals surface area (Å²) in [6.45, 7) is 0.527. The maximum atomic E-state index is 12.9. The van der Waals surface area contributed by atoms with E-state index in [1.807, 2.05) is 30.3 Å². The molecule has 0 spiro atoms. The van der Waals surface area contributed by atoms with Gasteiger partial charge in [0, 0.05) is 29.4 Å². The molecule has 0 bridgehead atoms. The Bertz CT molecular complexity index is 1070. The second-order valence-corrected chi connectivity index (χ2v) is 7.50. The van der Waals surface area contributed by atoms with Crippen molar-refractivity contribution < 1.29 is 9.59 Å². The highest BCUT2D eigenvalue weighted by atomic mass is 35.5. The average Bonchev–Trinajstić information content (AvgIpc) is 3.19. The lowest BCUT2D eigenvalue weighted by atomic mass is 10.1. The molecule has 1 N–H and O–H groups in total. The highest BCUT2D eigenvalue weighted by Gasteiger charge is 2.34. The van der Waals surface area contributed by atoms with Gasteiger partial charge in [0.1, 0.15) is 6.04 Å². The van der Waals surface area contributed by atoms with Gasteiger partial charge >= 0.3 is 0 Å². The molecule has 1 atom stereocenters. The number of carbonyl (C=O) groups is 2. The third kappa shape index (κ3) is 3.68. The first-order valence-corrected chi connectivity index (χ1v) is 9.70. The molecule has 3 aromatic rings. The molecule has 4 rings (SSSR count). The molecule has 0 saturated carbocycles. The Morgan fingerprint density at radius 1 is 1.07 bits per heavy atom. The van der Waals surface area contributed by atoms with E-state index in [0.29, 0.717) is 34.3 Å². The summed E-state index contributed by atoms with van der Waals surface area (Å²) in [6, 6.07) is 13.6. The first kappa shape index (κ1) is 18.7. The molecule has 2 amide bonds. The normalized spacial score (nSPS) is 16.4. The van der Waals surface area contributed by atoms with Crippen molar-refractivity contribution in [1.82, 2.24) is 9.88 Å². The van der Waals surface area contributed by atoms with Gasteiger partial charge in [-0.25, -0.2) is 0 Å². The number of hydrogen-bond acceptors (Lipinski definition) is 3. The topological polar surface area (TPSA) is 62.3 Å². The van der Waals surface area contributed by atoms with Crippen LogP contribution in [0, 0.1) is 0 Å². The fourth-order valence-electron chi connectivity index (χ4n) is 3.46. The molecular weight excluding hydrogens is 397 g/mol. The van der Waals surface area contributed by atoms with Gasteiger partial charge in [-0.15, -0.1) is 0 Å². The highest BCUT2D eigenvalue weighted by molar-refractivity contribution is 6.42. The van der Waals surface area contributed by atoms with Crippen LogP contribution in [-0.4, -0.2) is 34.3 Å². The smallest absolute Gasteiger partial charge is 0.254 e. The van der Waals surface area contributed by atoms with Crippen molar-refractivity contribution in [2.24, 2.45) is 0 Å². The van der Waals surface area contributed by atoms with Crippen molar-refractivity contribution in [3.63, 3.8) is 0 Å². The van der Waals surface area contributed by atoms with Gasteiger partial charge in [-0.2, -0.15) is 0 Å². The summed E-state index contributed by atoms with van der Waals surface area (Å²) in [5, 5.41) is 4.57. The molecule has 1 saturated heterocycles. The van der Waals surface area contributed by atoms with E-state index in [-0.39, 0.29) is 11.8 Å². The minimum atomic E-state index is -0.522. The Labute approximate surface area is 172 Å². The van der Waals surface area contributed by atoms with Crippen molar-refractivity contribution in [2.45, 2.75) is 18.9 Å². The summed E-state index contributed by atoms with van der Waals surface area (Å²) in [5.41, 5.74) is 1.96. The minimum Gasteiger partial charge on any atom is -0.327 e. The number of nitrogens with one attached hydrogen (secondary N) is 1. The zero-order chi connectivity index (χ0) is 19.7. The molecule has 7 heteroatoms. The highest BCUT2D eigenvalue weighted by Crippen LogP contribution is 2.26. The van der Waals surface area contributed by atoms with Crippen LogP contribution in [0.2, 0.25) is 10.0 Å². The van der Waals surface area contributed by atoms with Crippen LogP contribution in [0.4, 0.5) is 5.69 Å². The van der Waals surface area contributed by atoms with E-state index in [2.05, 4.69) is 10.3 Å². The molecule has 5 nitrogen and oxygen atoms in total. The third-order valence-electron chi connectivity index (χ3n) is 4.85. The number of carbonyl (C=O) groups excluding carboxylic acids is 2. The van der Waals surface area contributed by atoms with Gasteiger partial charge < -0.3 is 10.2 Å². The van der Waals surface area contributed by atoms with Gasteiger partial charge in [-0.1, -0.05) is 29.3 Å². The Morgan fingerprint density at radius 3 is 2.75 bits per heavy atom. The fourth-order valence-corrected chi connectivity index (χ4v) is 3.75. The molecule has 2 heterocycles. The summed E-state index contributed by atoms with van der Waals surface area (Å²) in [7, 11) is 0. The lowest BCUT2D eigenvalue weighted by molar-refractivity contribution is -0.119. The van der Waals surface area contributed by atoms with Gasteiger partial charge in [0.15, 0.2) is 0 Å². The molecule has 142 valence electrons. The first-order chi connectivity index (χ1) is 13.5. The van der Waals surface area contributed by atoms with Crippen molar-refractivity contribution in [3.05, 3.63) is 70.3 Å². The maximum Gasteiger partial charge on any atom is 0.254 e. The number of pyridine rings is 1. The average molecular weight is 414 g/mol. The van der Waals surface area contributed by atoms with Gasteiger partial charge in [0.25, 0.3) is 5.91 Å². The first-order valence-electron chi connectivity index (χ1n) is 8.94. The van der Waals surface area contributed by atoms with Crippen LogP contribution in [0.25, 0.3) is 10.9 Å². The zero-order valence-corrected chi connectivity index (χ0v) is 16.4. The van der Waals surface area contributed by atoms with Crippen molar-refractivity contribution in [1.29, 1.82) is 0 Å². The van der Waals surface area contributed by atoms with E-state index in [1.165, 1.54) is 6.07 Å². The van der Waals surface area contributed by atoms with Crippen LogP contribution in [0.3, 0.4) is 0 Å². The standard InChI is InChI=1S/C21H17Cl2N3O2/c22-16-7-5-14(12-17(16)23)21(28)26-10-2-4-19(26)20(27)25-15-6-8-18-13(11-15)3-1-9-24-18/h1,3,5-9,11-12,19H,2,4,10H2,(H,25,27). The third-order valence-corrected chi connectivity index (χ3v) is 5.59. The maximum absolute atomic E-state index is 12.9. The van der Waals surface area contributed by atoms with Gasteiger partial charge in [0.05, 0.1) is 15.6 Å². The van der Waals surface area contributed by atoms with Crippen LogP contribution < -0.4 is 5.32 Å². The Balaban J connectivity index is 1.52. The summed E-state index contributed by atoms with van der Waals surface area (Å²) >= 11 is 12.0. The number of fused-ring (bicyclic) bond motifs is 1. The number of rotatable bonds is 3. The molecule has 0 radical (unpaired) electrons. The Hall–Kier alpha value is -2.63. The van der Waals surface area contributed by atoms with Gasteiger partial charge in [-0.3, -0.25) is 14.6 Å². The molecule has 1 aliphatic heterocycles. The molecule has 1 unspecified atom stereocenters. The quantitative estimate of drug-likeness (QED) is 0.671. The summed E-state index contributed by atoms with van der Waals surface area (Å²) in [5.74, 6) is -0.423. The van der Waals surface area contributed by atoms with Crippen LogP contribution in [0.1, 0.15) is 23.2 Å². The van der Waals surface area contributed by atoms with E-state index < -0.39 is 6.04 Å². The van der Waals surface area contributed by atoms with Crippen molar-refractivity contribution in [3.8, 4) is 0 Å². The van der Waals surface area contributed by atoms with E-state index in [1.54, 1.807) is 23.2 Å². The minimum absolute atomic E-state index is 0.200. The number of likely N-dealkylation sites (tertiary alicyclic amines) is 1. The van der Waals surface area contributed by atoms with Crippen LogP contribution in [0.5, 0.6) is 0 Å². The summed E-state index contributed by atoms with van der Waals surface area (Å²) in [4.78, 5) is 31.6. The predicted molar refractivity (Wildman–Crippen MR) is 111 cm³/mol. The fraction of sp³-hybridized carbons (Fsp3) is 0.190. The number of hydrogen-bond donors (Lipinski definition) is 1. The largest absolute Gasteiger partial charge is 0.327 e. The molecule has 28 heavy (non-hydrogen) atoms. The van der Waals surface area contributed by atoms with E-state index >= 15 is 0 Å². The predicted octanol–water partition coefficient (Wildman–Crippen LogP) is 4.78. The SMILES string of the molecule is O=C(Nc1ccc2ncccc2c1)C1CCCN1C(=O)c1ccc(Cl)c(Cl)c1. The molecule has 2 aromatic carbocycles. The second kappa shape index (κ2) is 7.78. The Morgan fingerprint density at radius 2 is 1.93 bits per heavy atom. The number of halogens is 2. The van der Waals surface area contributed by atoms with E-state index in [0.717, 1.165) is 17.3 Å². The Kier molecular flexibility index (Phi) is 5.20. The molecular formula is C21H17Cl2N3O2. The lowest BCUT2D eigenvalue weighted by Gasteiger charge is -2.24. The van der Waals surface area contributed by atoms with Crippen LogP contribution in [0.15, 0.2) is 54.7 Å². The van der Waals surface area contributed by atoms with Crippen molar-refractivity contribution >= 4 is 51.6 Å². The number of nitrogens with zero attached hydrogens (tertiary/aromatic N) is 2. The van der Waals surface area contributed by atoms with Crippen molar-refractivity contribution in [2.75, 3.05) is 11.9 Å². The van der Waals surface area contributed by atoms with Gasteiger partial charge in [-0.05, 0) is 55.3 Å². The monoisotopic (exact) mass is 413 g/mol. The molecule has 1 aliphatic rings. The zero-order valence-electron chi connectivity index (χ0n) is 14.9. The van der Waals surface area contributed by atoms with E-state index in [9.17, 15) is 9.59 Å². The number of amides is 2. The molecule has 0 aliphatic carbocycles. The number of benzene rings is 2. The second-order valence-electron chi connectivity index (χ2n) is 6.69. The molecule has 1 fully saturated rings. The lowest BCUT2D eigenvalue weighted by Crippen LogP contribution is -2.43. The van der Waals surface area contributed by atoms with Crippen LogP contribution in [-0.2, 0) is 4.79 Å². The van der Waals surface area contributed by atoms with E-state index in [4.69, 9.17) is 23.2 Å². The molecule has 1 aromatic heterocycles. The number of anilines is 1. The summed E-state index contributed by atoms with van der Waals surface area (Å²) < 4.78 is 0. The summed E-state index contributed by atoms with van der Waals surface area (Å²) in [6.07, 6.45) is 3.12. The van der Waals surface area contributed by atoms with Crippen LogP contribution >= 0.6 is 23.2 Å². The number of aromatic nitrogens is 1. The van der Waals surface area contributed by atoms with Gasteiger partial charge in [0.2, 0.25) is 5.91 Å².